The number of fused-ring (bicyclic) bond motifs is 5. The molecule has 4 nitrogen and oxygen atoms in total. The van der Waals surface area contributed by atoms with E-state index < -0.39 is 0 Å². The Balaban J connectivity index is 0.000000175. The van der Waals surface area contributed by atoms with Crippen molar-refractivity contribution in [3.05, 3.63) is 128 Å². The summed E-state index contributed by atoms with van der Waals surface area (Å²) in [4.78, 5) is 13.0. The molecule has 0 aliphatic rings. The van der Waals surface area contributed by atoms with Gasteiger partial charge < -0.3 is 14.4 Å². The van der Waals surface area contributed by atoms with Crippen molar-refractivity contribution in [1.29, 1.82) is 0 Å². The maximum Gasteiger partial charge on any atom is 0.130 e. The Morgan fingerprint density at radius 2 is 1.28 bits per heavy atom. The Morgan fingerprint density at radius 1 is 0.528 bits per heavy atom. The van der Waals surface area contributed by atoms with Crippen molar-refractivity contribution in [3.8, 4) is 22.5 Å². The number of pyridine rings is 3. The molecule has 0 saturated carbocycles. The summed E-state index contributed by atoms with van der Waals surface area (Å²) < 4.78 is 6.24. The van der Waals surface area contributed by atoms with Gasteiger partial charge in [-0.25, -0.2) is 0 Å². The zero-order valence-electron chi connectivity index (χ0n) is 19.1. The third-order valence-electron chi connectivity index (χ3n) is 5.75. The van der Waals surface area contributed by atoms with Crippen molar-refractivity contribution in [2.24, 2.45) is 0 Å². The molecule has 0 N–H and O–H groups in total. The minimum absolute atomic E-state index is 0. The molecule has 0 aliphatic heterocycles. The molecule has 0 saturated heterocycles. The van der Waals surface area contributed by atoms with Crippen molar-refractivity contribution in [3.63, 3.8) is 0 Å². The molecule has 4 heterocycles. The monoisotopic (exact) mass is 642 g/mol. The Kier molecular flexibility index (Phi) is 6.94. The van der Waals surface area contributed by atoms with Gasteiger partial charge in [0.15, 0.2) is 0 Å². The number of nitrogens with zero attached hydrogens (tertiary/aromatic N) is 3. The minimum atomic E-state index is 0. The summed E-state index contributed by atoms with van der Waals surface area (Å²) >= 11 is 0. The van der Waals surface area contributed by atoms with E-state index in [9.17, 15) is 0 Å². The summed E-state index contributed by atoms with van der Waals surface area (Å²) in [6.07, 6.45) is 5.37. The van der Waals surface area contributed by atoms with Crippen LogP contribution in [-0.2, 0) is 20.1 Å². The zero-order valence-corrected chi connectivity index (χ0v) is 21.4. The summed E-state index contributed by atoms with van der Waals surface area (Å²) in [7, 11) is 0. The first-order valence-corrected chi connectivity index (χ1v) is 11.3. The standard InChI is InChI=1S/C20H11N2O.C11H8N.Ir/c1-2-11-21-17(8-1)15-6-3-5-13-14-9-10-18-16(7-4-12-22-18)20(14)23-19(13)15;1-2-6-10(7-3-1)11-8-4-5-9-12-11;/h1-5,7-12H;1-6,8-9H;/q2*-1;. The molecule has 0 spiro atoms. The number of benzene rings is 3. The molecule has 7 rings (SSSR count). The van der Waals surface area contributed by atoms with Crippen LogP contribution in [0.25, 0.3) is 55.4 Å². The molecule has 1 radical (unpaired) electrons. The maximum atomic E-state index is 6.24. The van der Waals surface area contributed by atoms with E-state index in [1.54, 1.807) is 18.6 Å². The van der Waals surface area contributed by atoms with E-state index in [1.165, 1.54) is 0 Å². The van der Waals surface area contributed by atoms with Crippen molar-refractivity contribution in [2.45, 2.75) is 0 Å². The first-order chi connectivity index (χ1) is 17.4. The molecule has 3 aromatic carbocycles. The third-order valence-corrected chi connectivity index (χ3v) is 5.75. The second-order valence-electron chi connectivity index (χ2n) is 7.92. The van der Waals surface area contributed by atoms with Crippen LogP contribution in [0.2, 0.25) is 0 Å². The van der Waals surface area contributed by atoms with Gasteiger partial charge in [-0.15, -0.1) is 54.1 Å². The molecule has 0 fully saturated rings. The summed E-state index contributed by atoms with van der Waals surface area (Å²) in [5, 5.41) is 3.19. The molecule has 0 unspecified atom stereocenters. The predicted molar refractivity (Wildman–Crippen MR) is 140 cm³/mol. The number of rotatable bonds is 2. The van der Waals surface area contributed by atoms with Crippen LogP contribution in [0.4, 0.5) is 0 Å². The second-order valence-corrected chi connectivity index (χ2v) is 7.92. The fourth-order valence-electron chi connectivity index (χ4n) is 4.13. The van der Waals surface area contributed by atoms with E-state index >= 15 is 0 Å². The average Bonchev–Trinajstić information content (AvgIpc) is 3.34. The molecule has 0 bridgehead atoms. The van der Waals surface area contributed by atoms with Crippen LogP contribution in [-0.4, -0.2) is 15.0 Å². The summed E-state index contributed by atoms with van der Waals surface area (Å²) in [5.74, 6) is 0. The molecular formula is C31H19IrN3O-2. The van der Waals surface area contributed by atoms with E-state index in [1.807, 2.05) is 91.0 Å². The fourth-order valence-corrected chi connectivity index (χ4v) is 4.13. The van der Waals surface area contributed by atoms with Crippen LogP contribution in [0.1, 0.15) is 0 Å². The number of furan rings is 1. The smallest absolute Gasteiger partial charge is 0.130 e. The van der Waals surface area contributed by atoms with Gasteiger partial charge in [0, 0.05) is 49.5 Å². The quantitative estimate of drug-likeness (QED) is 0.183. The van der Waals surface area contributed by atoms with Crippen LogP contribution in [0.5, 0.6) is 0 Å². The van der Waals surface area contributed by atoms with Gasteiger partial charge in [-0.05, 0) is 47.8 Å². The summed E-state index contributed by atoms with van der Waals surface area (Å²) in [6, 6.07) is 38.0. The maximum absolute atomic E-state index is 6.24. The van der Waals surface area contributed by atoms with E-state index in [0.717, 1.165) is 55.4 Å². The molecular weight excluding hydrogens is 623 g/mol. The molecule has 0 aliphatic carbocycles. The van der Waals surface area contributed by atoms with Crippen molar-refractivity contribution >= 4 is 32.8 Å². The normalized spacial score (nSPS) is 10.6. The van der Waals surface area contributed by atoms with Gasteiger partial charge in [0.1, 0.15) is 5.58 Å². The molecule has 36 heavy (non-hydrogen) atoms. The van der Waals surface area contributed by atoms with Crippen LogP contribution >= 0.6 is 0 Å². The average molecular weight is 642 g/mol. The first kappa shape index (κ1) is 23.6. The number of aromatic nitrogens is 3. The predicted octanol–water partition coefficient (Wildman–Crippen LogP) is 7.54. The largest absolute Gasteiger partial charge is 0.500 e. The van der Waals surface area contributed by atoms with E-state index in [2.05, 4.69) is 33.2 Å². The zero-order chi connectivity index (χ0) is 23.5. The summed E-state index contributed by atoms with van der Waals surface area (Å²) in [6.45, 7) is 0. The van der Waals surface area contributed by atoms with Crippen LogP contribution in [0.3, 0.4) is 0 Å². The molecule has 175 valence electrons. The van der Waals surface area contributed by atoms with Crippen molar-refractivity contribution < 1.29 is 24.5 Å². The third kappa shape index (κ3) is 4.54. The van der Waals surface area contributed by atoms with Crippen LogP contribution < -0.4 is 0 Å². The van der Waals surface area contributed by atoms with Crippen LogP contribution in [0.15, 0.2) is 120 Å². The van der Waals surface area contributed by atoms with Crippen molar-refractivity contribution in [2.75, 3.05) is 0 Å². The Hall–Kier alpha value is -4.18. The topological polar surface area (TPSA) is 51.8 Å². The van der Waals surface area contributed by atoms with Crippen LogP contribution in [0, 0.1) is 12.1 Å². The minimum Gasteiger partial charge on any atom is -0.500 e. The van der Waals surface area contributed by atoms with E-state index in [-0.39, 0.29) is 20.1 Å². The molecule has 4 aromatic heterocycles. The molecule has 0 atom stereocenters. The van der Waals surface area contributed by atoms with Gasteiger partial charge in [0.05, 0.1) is 11.1 Å². The summed E-state index contributed by atoms with van der Waals surface area (Å²) in [5.41, 5.74) is 6.37. The van der Waals surface area contributed by atoms with Gasteiger partial charge in [0.25, 0.3) is 0 Å². The Bertz CT molecular complexity index is 1700. The SMILES string of the molecule is [Ir].[c-]1ccc2c(oc3c4cccnc4ccc23)c1-c1ccccn1.[c-]1ccccc1-c1ccccn1. The van der Waals surface area contributed by atoms with Gasteiger partial charge in [-0.2, -0.15) is 0 Å². The molecule has 5 heteroatoms. The second kappa shape index (κ2) is 10.6. The Morgan fingerprint density at radius 3 is 2.03 bits per heavy atom. The fraction of sp³-hybridized carbons (Fsp3) is 0. The molecule has 0 amide bonds. The van der Waals surface area contributed by atoms with Gasteiger partial charge >= 0.3 is 0 Å². The van der Waals surface area contributed by atoms with Gasteiger partial charge in [-0.3, -0.25) is 4.98 Å². The van der Waals surface area contributed by atoms with E-state index in [0.29, 0.717) is 0 Å². The Labute approximate surface area is 222 Å². The van der Waals surface area contributed by atoms with Gasteiger partial charge in [0.2, 0.25) is 0 Å². The van der Waals surface area contributed by atoms with E-state index in [4.69, 9.17) is 4.42 Å². The first-order valence-electron chi connectivity index (χ1n) is 11.3. The number of hydrogen-bond donors (Lipinski definition) is 0. The number of hydrogen-bond acceptors (Lipinski definition) is 4. The van der Waals surface area contributed by atoms with Crippen molar-refractivity contribution in [1.82, 2.24) is 15.0 Å². The van der Waals surface area contributed by atoms with Gasteiger partial charge in [-0.1, -0.05) is 35.2 Å². The molecule has 7 aromatic rings.